The van der Waals surface area contributed by atoms with Crippen LogP contribution in [0.5, 0.6) is 0 Å². The second-order valence-electron chi connectivity index (χ2n) is 10.4. The Bertz CT molecular complexity index is 684. The molecule has 6 atom stereocenters. The zero-order valence-corrected chi connectivity index (χ0v) is 16.7. The monoisotopic (exact) mass is 360 g/mol. The minimum absolute atomic E-state index is 0.0581. The Morgan fingerprint density at radius 3 is 2.42 bits per heavy atom. The topological polar surface area (TPSA) is 60.4 Å². The van der Waals surface area contributed by atoms with Crippen molar-refractivity contribution in [2.24, 2.45) is 33.5 Å². The van der Waals surface area contributed by atoms with E-state index >= 15 is 0 Å². The Morgan fingerprint density at radius 1 is 1.04 bits per heavy atom. The van der Waals surface area contributed by atoms with Gasteiger partial charge in [-0.3, -0.25) is 14.4 Å². The maximum atomic E-state index is 12.9. The van der Waals surface area contributed by atoms with Gasteiger partial charge in [0.15, 0.2) is 0 Å². The average molecular weight is 360 g/mol. The molecule has 4 saturated carbocycles. The normalized spacial score (nSPS) is 50.2. The molecule has 26 heavy (non-hydrogen) atoms. The molecule has 4 nitrogen and oxygen atoms in total. The molecule has 0 aromatic carbocycles. The maximum absolute atomic E-state index is 12.9. The van der Waals surface area contributed by atoms with Crippen molar-refractivity contribution in [3.05, 3.63) is 0 Å². The van der Waals surface area contributed by atoms with Crippen molar-refractivity contribution < 1.29 is 19.1 Å². The van der Waals surface area contributed by atoms with Crippen LogP contribution in [0.1, 0.15) is 79.1 Å². The van der Waals surface area contributed by atoms with Crippen molar-refractivity contribution >= 4 is 17.5 Å². The summed E-state index contributed by atoms with van der Waals surface area (Å²) in [5.41, 5.74) is -1.00. The van der Waals surface area contributed by atoms with E-state index in [-0.39, 0.29) is 33.9 Å². The van der Waals surface area contributed by atoms with Crippen LogP contribution in [0.3, 0.4) is 0 Å². The van der Waals surface area contributed by atoms with Crippen LogP contribution in [0.4, 0.5) is 0 Å². The molecule has 0 amide bonds. The second kappa shape index (κ2) is 5.42. The van der Waals surface area contributed by atoms with Gasteiger partial charge in [0.2, 0.25) is 0 Å². The van der Waals surface area contributed by atoms with Gasteiger partial charge in [0.1, 0.15) is 11.6 Å². The minimum atomic E-state index is -0.717. The lowest BCUT2D eigenvalue weighted by molar-refractivity contribution is -0.189. The van der Waals surface area contributed by atoms with Crippen molar-refractivity contribution in [3.63, 3.8) is 0 Å². The van der Waals surface area contributed by atoms with Crippen molar-refractivity contribution in [3.8, 4) is 0 Å². The van der Waals surface area contributed by atoms with Gasteiger partial charge in [-0.1, -0.05) is 13.8 Å². The van der Waals surface area contributed by atoms with Crippen LogP contribution in [-0.4, -0.2) is 24.1 Å². The van der Waals surface area contributed by atoms with E-state index in [1.807, 2.05) is 13.8 Å². The first-order chi connectivity index (χ1) is 12.1. The summed E-state index contributed by atoms with van der Waals surface area (Å²) < 4.78 is 5.41. The molecule has 4 aliphatic rings. The molecule has 4 fully saturated rings. The highest BCUT2D eigenvalue weighted by Crippen LogP contribution is 2.72. The van der Waals surface area contributed by atoms with E-state index in [2.05, 4.69) is 13.8 Å². The van der Waals surface area contributed by atoms with Gasteiger partial charge >= 0.3 is 5.97 Å². The molecular weight excluding hydrogens is 328 g/mol. The standard InChI is InChI=1S/C22H32O4/c1-5-26-18(25)21(4)11-14(23)10-20(3)15(21)7-9-22-12-17(24)19(2,13-22)8-6-16(20)22/h15-16H,5-13H2,1-4H3/t15-,16-,19-,20+,21+,22-/m0/s1. The third-order valence-electron chi connectivity index (χ3n) is 8.83. The van der Waals surface area contributed by atoms with Gasteiger partial charge in [-0.2, -0.15) is 0 Å². The van der Waals surface area contributed by atoms with Crippen LogP contribution >= 0.6 is 0 Å². The summed E-state index contributed by atoms with van der Waals surface area (Å²) >= 11 is 0. The zero-order valence-electron chi connectivity index (χ0n) is 16.7. The first-order valence-corrected chi connectivity index (χ1v) is 10.3. The first kappa shape index (κ1) is 18.2. The molecule has 0 heterocycles. The number of hydrogen-bond donors (Lipinski definition) is 0. The Morgan fingerprint density at radius 2 is 1.73 bits per heavy atom. The van der Waals surface area contributed by atoms with Crippen molar-refractivity contribution in [1.82, 2.24) is 0 Å². The summed E-state index contributed by atoms with van der Waals surface area (Å²) in [5.74, 6) is 0.948. The van der Waals surface area contributed by atoms with Crippen molar-refractivity contribution in [1.29, 1.82) is 0 Å². The number of carbonyl (C=O) groups is 3. The third kappa shape index (κ3) is 2.16. The van der Waals surface area contributed by atoms with Gasteiger partial charge in [0.25, 0.3) is 0 Å². The summed E-state index contributed by atoms with van der Waals surface area (Å²) in [6.07, 6.45) is 6.43. The van der Waals surface area contributed by atoms with Crippen LogP contribution in [-0.2, 0) is 19.1 Å². The summed E-state index contributed by atoms with van der Waals surface area (Å²) in [7, 11) is 0. The molecule has 0 aliphatic heterocycles. The fraction of sp³-hybridized carbons (Fsp3) is 0.864. The molecular formula is C22H32O4. The highest BCUT2D eigenvalue weighted by molar-refractivity contribution is 5.90. The smallest absolute Gasteiger partial charge is 0.312 e. The lowest BCUT2D eigenvalue weighted by Gasteiger charge is -2.63. The van der Waals surface area contributed by atoms with E-state index in [1.54, 1.807) is 0 Å². The number of esters is 1. The Kier molecular flexibility index (Phi) is 3.79. The lowest BCUT2D eigenvalue weighted by Crippen LogP contribution is -2.60. The van der Waals surface area contributed by atoms with Gasteiger partial charge in [0.05, 0.1) is 12.0 Å². The summed E-state index contributed by atoms with van der Waals surface area (Å²) in [6.45, 7) is 8.52. The molecule has 4 heteroatoms. The molecule has 0 aromatic rings. The molecule has 144 valence electrons. The van der Waals surface area contributed by atoms with Gasteiger partial charge in [-0.05, 0) is 68.6 Å². The predicted molar refractivity (Wildman–Crippen MR) is 97.3 cm³/mol. The molecule has 0 radical (unpaired) electrons. The molecule has 0 aromatic heterocycles. The predicted octanol–water partition coefficient (Wildman–Crippen LogP) is 4.10. The van der Waals surface area contributed by atoms with E-state index in [0.717, 1.165) is 32.1 Å². The highest BCUT2D eigenvalue weighted by Gasteiger charge is 2.69. The maximum Gasteiger partial charge on any atom is 0.312 e. The molecule has 0 N–H and O–H groups in total. The van der Waals surface area contributed by atoms with E-state index in [1.165, 1.54) is 0 Å². The summed E-state index contributed by atoms with van der Waals surface area (Å²) in [4.78, 5) is 38.4. The van der Waals surface area contributed by atoms with E-state index < -0.39 is 5.41 Å². The number of rotatable bonds is 2. The molecule has 0 unspecified atom stereocenters. The van der Waals surface area contributed by atoms with Gasteiger partial charge in [-0.25, -0.2) is 0 Å². The lowest BCUT2D eigenvalue weighted by atomic mass is 9.40. The fourth-order valence-corrected chi connectivity index (χ4v) is 7.92. The SMILES string of the molecule is CCOC(=O)[C@]1(C)CC(=O)C[C@@]2(C)[C@@H]3CC[C@@]4(C)C[C@]3(CC[C@@H]21)CC4=O. The minimum Gasteiger partial charge on any atom is -0.466 e. The quantitative estimate of drug-likeness (QED) is 0.696. The fourth-order valence-electron chi connectivity index (χ4n) is 7.92. The van der Waals surface area contributed by atoms with Crippen LogP contribution in [0.2, 0.25) is 0 Å². The van der Waals surface area contributed by atoms with Crippen molar-refractivity contribution in [2.75, 3.05) is 6.61 Å². The Hall–Kier alpha value is -1.19. The largest absolute Gasteiger partial charge is 0.466 e. The summed E-state index contributed by atoms with van der Waals surface area (Å²) in [5, 5.41) is 0. The number of hydrogen-bond acceptors (Lipinski definition) is 4. The van der Waals surface area contributed by atoms with Crippen LogP contribution in [0, 0.1) is 33.5 Å². The van der Waals surface area contributed by atoms with E-state index in [4.69, 9.17) is 4.74 Å². The van der Waals surface area contributed by atoms with Crippen LogP contribution in [0.15, 0.2) is 0 Å². The van der Waals surface area contributed by atoms with Crippen LogP contribution < -0.4 is 0 Å². The highest BCUT2D eigenvalue weighted by atomic mass is 16.5. The number of ether oxygens (including phenoxy) is 1. The average Bonchev–Trinajstić information content (AvgIpc) is 2.71. The molecule has 0 saturated heterocycles. The number of fused-ring (bicyclic) bond motifs is 3. The zero-order chi connectivity index (χ0) is 19.0. The summed E-state index contributed by atoms with van der Waals surface area (Å²) in [6, 6.07) is 0. The second-order valence-corrected chi connectivity index (χ2v) is 10.4. The van der Waals surface area contributed by atoms with Crippen LogP contribution in [0.25, 0.3) is 0 Å². The molecule has 2 bridgehead atoms. The number of ketones is 2. The number of Topliss-reactive ketones (excluding diaryl/α,β-unsaturated/α-hetero) is 2. The third-order valence-corrected chi connectivity index (χ3v) is 8.83. The van der Waals surface area contributed by atoms with Gasteiger partial charge < -0.3 is 4.74 Å². The Balaban J connectivity index is 1.75. The molecule has 4 rings (SSSR count). The number of carbonyl (C=O) groups excluding carboxylic acids is 3. The Labute approximate surface area is 156 Å². The van der Waals surface area contributed by atoms with E-state index in [9.17, 15) is 14.4 Å². The van der Waals surface area contributed by atoms with E-state index in [0.29, 0.717) is 37.6 Å². The first-order valence-electron chi connectivity index (χ1n) is 10.3. The molecule has 4 aliphatic carbocycles. The van der Waals surface area contributed by atoms with Gasteiger partial charge in [0, 0.05) is 24.7 Å². The molecule has 1 spiro atoms. The van der Waals surface area contributed by atoms with Crippen molar-refractivity contribution in [2.45, 2.75) is 79.1 Å². The van der Waals surface area contributed by atoms with Gasteiger partial charge in [-0.15, -0.1) is 0 Å².